The van der Waals surface area contributed by atoms with Crippen LogP contribution in [0.25, 0.3) is 0 Å². The molecule has 8 N–H and O–H groups in total. The summed E-state index contributed by atoms with van der Waals surface area (Å²) >= 11 is 0. The summed E-state index contributed by atoms with van der Waals surface area (Å²) in [7, 11) is 3.29. The summed E-state index contributed by atoms with van der Waals surface area (Å²) in [5.41, 5.74) is 5.49. The van der Waals surface area contributed by atoms with Crippen molar-refractivity contribution in [3.05, 3.63) is 0 Å². The Hall–Kier alpha value is -0.930. The van der Waals surface area contributed by atoms with Gasteiger partial charge in [-0.2, -0.15) is 0 Å². The lowest BCUT2D eigenvalue weighted by atomic mass is 9.60. The predicted molar refractivity (Wildman–Crippen MR) is 194 cm³/mol. The van der Waals surface area contributed by atoms with Crippen LogP contribution in [0.1, 0.15) is 116 Å². The molecule has 0 aromatic rings. The number of methoxy groups -OCH3 is 2. The summed E-state index contributed by atoms with van der Waals surface area (Å²) in [5, 5.41) is 50.6. The van der Waals surface area contributed by atoms with E-state index in [1.165, 1.54) is 0 Å². The standard InChI is InChI=1S/C39H71N3O9/c1-4-41-30(29(16-25-12-15-42-36(40)18-25)39(38(46)47)13-6-5-7-14-39)23-50-35-20-26(19-34(49-3)37(35)45)32-22-27(43)21-28(51-32)10-8-24-9-11-31(44)33(17-24)48-2/h24-37,41-45H,4-23,40H2,1-3H3,(H,46,47)/t24?,25?,26?,27-,28-,29-,30+,31?,32+,33?,34?,35?,36?,37?/m0/s1. The van der Waals surface area contributed by atoms with Crippen LogP contribution < -0.4 is 16.4 Å². The third kappa shape index (κ3) is 10.6. The summed E-state index contributed by atoms with van der Waals surface area (Å²) in [6, 6.07) is -0.195. The Kier molecular flexibility index (Phi) is 15.8. The van der Waals surface area contributed by atoms with E-state index in [0.717, 1.165) is 77.2 Å². The Morgan fingerprint density at radius 2 is 1.67 bits per heavy atom. The molecular weight excluding hydrogens is 654 g/mol. The van der Waals surface area contributed by atoms with E-state index >= 15 is 0 Å². The molecule has 0 bridgehead atoms. The van der Waals surface area contributed by atoms with E-state index in [1.54, 1.807) is 14.2 Å². The van der Waals surface area contributed by atoms with Crippen molar-refractivity contribution in [3.8, 4) is 0 Å². The first-order valence-corrected chi connectivity index (χ1v) is 20.4. The van der Waals surface area contributed by atoms with Gasteiger partial charge >= 0.3 is 5.97 Å². The van der Waals surface area contributed by atoms with E-state index in [0.29, 0.717) is 63.5 Å². The fourth-order valence-electron chi connectivity index (χ4n) is 10.7. The molecule has 0 aromatic carbocycles. The maximum atomic E-state index is 13.2. The molecule has 51 heavy (non-hydrogen) atoms. The molecule has 2 aliphatic heterocycles. The Morgan fingerprint density at radius 1 is 0.922 bits per heavy atom. The Morgan fingerprint density at radius 3 is 2.35 bits per heavy atom. The zero-order valence-corrected chi connectivity index (χ0v) is 31.6. The van der Waals surface area contributed by atoms with Crippen molar-refractivity contribution >= 4 is 5.97 Å². The van der Waals surface area contributed by atoms with Gasteiger partial charge in [-0.05, 0) is 127 Å². The van der Waals surface area contributed by atoms with Crippen LogP contribution in [0.15, 0.2) is 0 Å². The molecule has 14 atom stereocenters. The van der Waals surface area contributed by atoms with E-state index in [1.807, 2.05) is 0 Å². The van der Waals surface area contributed by atoms with Gasteiger partial charge in [0.25, 0.3) is 0 Å². The molecule has 12 nitrogen and oxygen atoms in total. The van der Waals surface area contributed by atoms with Crippen molar-refractivity contribution in [2.45, 2.75) is 177 Å². The minimum absolute atomic E-state index is 0.0387. The van der Waals surface area contributed by atoms with Crippen LogP contribution in [0.3, 0.4) is 0 Å². The first kappa shape index (κ1) is 41.2. The quantitative estimate of drug-likeness (QED) is 0.123. The molecule has 0 radical (unpaired) electrons. The number of aliphatic carboxylic acids is 1. The van der Waals surface area contributed by atoms with Gasteiger partial charge in [-0.15, -0.1) is 0 Å². The molecule has 0 aromatic heterocycles. The van der Waals surface area contributed by atoms with E-state index < -0.39 is 41.9 Å². The molecule has 2 heterocycles. The predicted octanol–water partition coefficient (Wildman–Crippen LogP) is 3.33. The van der Waals surface area contributed by atoms with Gasteiger partial charge in [-0.3, -0.25) is 4.79 Å². The fraction of sp³-hybridized carbons (Fsp3) is 0.974. The van der Waals surface area contributed by atoms with E-state index in [2.05, 4.69) is 17.6 Å². The fourth-order valence-corrected chi connectivity index (χ4v) is 10.7. The van der Waals surface area contributed by atoms with Gasteiger partial charge in [-0.1, -0.05) is 26.2 Å². The summed E-state index contributed by atoms with van der Waals surface area (Å²) in [5.74, 6) is 0.00449. The molecule has 2 saturated heterocycles. The number of hydrogen-bond acceptors (Lipinski definition) is 11. The zero-order valence-electron chi connectivity index (χ0n) is 31.6. The number of carboxylic acid groups (broad SMARTS) is 1. The van der Waals surface area contributed by atoms with Crippen LogP contribution in [-0.4, -0.2) is 121 Å². The SMILES string of the molecule is CCN[C@H](COC1CC([C@H]2C[C@@H](O)C[C@H](CCC3CCC(O)C(OC)C3)O2)CC(OC)C1O)[C@H](CC1CCNC(N)C1)C1(C(=O)O)CCCCC1. The van der Waals surface area contributed by atoms with Crippen LogP contribution in [0.4, 0.5) is 0 Å². The Bertz CT molecular complexity index is 1050. The molecule has 0 spiro atoms. The second kappa shape index (κ2) is 19.6. The van der Waals surface area contributed by atoms with Crippen molar-refractivity contribution in [3.63, 3.8) is 0 Å². The third-order valence-corrected chi connectivity index (χ3v) is 13.6. The lowest BCUT2D eigenvalue weighted by Gasteiger charge is -2.47. The number of aliphatic hydroxyl groups is 3. The number of nitrogens with two attached hydrogens (primary N) is 1. The van der Waals surface area contributed by atoms with E-state index in [-0.39, 0.29) is 42.4 Å². The number of likely N-dealkylation sites (N-methyl/N-ethyl adjacent to an activating group) is 1. The molecule has 296 valence electrons. The highest BCUT2D eigenvalue weighted by Gasteiger charge is 2.51. The largest absolute Gasteiger partial charge is 0.481 e. The van der Waals surface area contributed by atoms with Crippen molar-refractivity contribution in [1.82, 2.24) is 10.6 Å². The molecule has 9 unspecified atom stereocenters. The van der Waals surface area contributed by atoms with E-state index in [9.17, 15) is 25.2 Å². The number of nitrogens with one attached hydrogen (secondary N) is 2. The second-order valence-corrected chi connectivity index (χ2v) is 16.9. The van der Waals surface area contributed by atoms with Crippen LogP contribution in [-0.2, 0) is 23.7 Å². The van der Waals surface area contributed by atoms with Crippen LogP contribution in [0.2, 0.25) is 0 Å². The lowest BCUT2D eigenvalue weighted by Crippen LogP contribution is -2.55. The van der Waals surface area contributed by atoms with Gasteiger partial charge in [-0.25, -0.2) is 0 Å². The number of piperidine rings is 1. The van der Waals surface area contributed by atoms with Gasteiger partial charge in [0.2, 0.25) is 0 Å². The Labute approximate surface area is 306 Å². The average molecular weight is 726 g/mol. The van der Waals surface area contributed by atoms with Gasteiger partial charge in [0.1, 0.15) is 6.10 Å². The summed E-state index contributed by atoms with van der Waals surface area (Å²) < 4.78 is 24.8. The minimum atomic E-state index is -0.824. The van der Waals surface area contributed by atoms with E-state index in [4.69, 9.17) is 24.7 Å². The maximum absolute atomic E-state index is 13.2. The minimum Gasteiger partial charge on any atom is -0.481 e. The summed E-state index contributed by atoms with van der Waals surface area (Å²) in [4.78, 5) is 13.2. The first-order valence-electron chi connectivity index (χ1n) is 20.4. The first-order chi connectivity index (χ1) is 24.6. The Balaban J connectivity index is 1.26. The molecule has 5 rings (SSSR count). The maximum Gasteiger partial charge on any atom is 0.309 e. The summed E-state index contributed by atoms with van der Waals surface area (Å²) in [6.45, 7) is 3.88. The number of ether oxygens (including phenoxy) is 4. The number of carboxylic acids is 1. The number of hydrogen-bond donors (Lipinski definition) is 7. The third-order valence-electron chi connectivity index (χ3n) is 13.6. The molecule has 0 amide bonds. The van der Waals surface area contributed by atoms with Gasteiger partial charge in [0.15, 0.2) is 0 Å². The molecular formula is C39H71N3O9. The van der Waals surface area contributed by atoms with Crippen molar-refractivity contribution in [2.24, 2.45) is 34.8 Å². The number of rotatable bonds is 16. The number of carbonyl (C=O) groups is 1. The zero-order chi connectivity index (χ0) is 36.5. The molecule has 12 heteroatoms. The normalized spacial score (nSPS) is 40.4. The smallest absolute Gasteiger partial charge is 0.309 e. The van der Waals surface area contributed by atoms with Crippen molar-refractivity contribution < 1.29 is 44.2 Å². The second-order valence-electron chi connectivity index (χ2n) is 16.9. The van der Waals surface area contributed by atoms with Gasteiger partial charge in [0.05, 0.1) is 60.9 Å². The molecule has 3 saturated carbocycles. The highest BCUT2D eigenvalue weighted by molar-refractivity contribution is 5.75. The van der Waals surface area contributed by atoms with Crippen LogP contribution >= 0.6 is 0 Å². The molecule has 3 aliphatic carbocycles. The number of aliphatic hydroxyl groups excluding tert-OH is 3. The van der Waals surface area contributed by atoms with Crippen molar-refractivity contribution in [1.29, 1.82) is 0 Å². The van der Waals surface area contributed by atoms with Crippen LogP contribution in [0, 0.1) is 29.1 Å². The molecule has 5 fully saturated rings. The summed E-state index contributed by atoms with van der Waals surface area (Å²) in [6.07, 6.45) is 10.6. The molecule has 5 aliphatic rings. The highest BCUT2D eigenvalue weighted by Crippen LogP contribution is 2.48. The monoisotopic (exact) mass is 726 g/mol. The van der Waals surface area contributed by atoms with Gasteiger partial charge < -0.3 is 55.7 Å². The van der Waals surface area contributed by atoms with Crippen LogP contribution in [0.5, 0.6) is 0 Å². The van der Waals surface area contributed by atoms with Gasteiger partial charge in [0, 0.05) is 20.3 Å². The van der Waals surface area contributed by atoms with Crippen molar-refractivity contribution in [2.75, 3.05) is 33.9 Å². The highest BCUT2D eigenvalue weighted by atomic mass is 16.5. The topological polar surface area (TPSA) is 185 Å². The lowest BCUT2D eigenvalue weighted by molar-refractivity contribution is -0.180. The average Bonchev–Trinajstić information content (AvgIpc) is 3.12.